The summed E-state index contributed by atoms with van der Waals surface area (Å²) in [6.07, 6.45) is -4.73. The fourth-order valence-electron chi connectivity index (χ4n) is 4.23. The monoisotopic (exact) mass is 487 g/mol. The third kappa shape index (κ3) is 4.35. The fraction of sp³-hybridized carbons (Fsp3) is 0.250. The quantitative estimate of drug-likeness (QED) is 0.334. The number of anilines is 1. The highest BCUT2D eigenvalue weighted by atomic mass is 35.5. The number of aryl methyl sites for hydroxylation is 1. The van der Waals surface area contributed by atoms with Crippen LogP contribution in [0, 0.1) is 6.92 Å². The van der Waals surface area contributed by atoms with Crippen molar-refractivity contribution in [1.82, 2.24) is 20.1 Å². The molecule has 0 saturated carbocycles. The molecule has 3 heterocycles. The van der Waals surface area contributed by atoms with Gasteiger partial charge in [-0.3, -0.25) is 4.79 Å². The Morgan fingerprint density at radius 2 is 1.94 bits per heavy atom. The number of hydrogen-bond acceptors (Lipinski definition) is 3. The molecule has 2 atom stereocenters. The summed E-state index contributed by atoms with van der Waals surface area (Å²) in [6.45, 7) is 2.08. The van der Waals surface area contributed by atoms with Crippen LogP contribution in [0.3, 0.4) is 0 Å². The van der Waals surface area contributed by atoms with Gasteiger partial charge in [-0.1, -0.05) is 41.4 Å². The number of halogens is 4. The largest absolute Gasteiger partial charge is 0.410 e. The van der Waals surface area contributed by atoms with Crippen molar-refractivity contribution in [2.24, 2.45) is 0 Å². The lowest BCUT2D eigenvalue weighted by Crippen LogP contribution is -2.35. The van der Waals surface area contributed by atoms with E-state index in [4.69, 9.17) is 11.6 Å². The Morgan fingerprint density at radius 1 is 1.18 bits per heavy atom. The van der Waals surface area contributed by atoms with Gasteiger partial charge in [-0.05, 0) is 36.8 Å². The first kappa shape index (κ1) is 22.3. The van der Waals surface area contributed by atoms with E-state index in [1.54, 1.807) is 12.1 Å². The number of H-pyrrole nitrogens is 1. The molecule has 0 saturated heterocycles. The zero-order valence-corrected chi connectivity index (χ0v) is 18.8. The number of carbonyl (C=O) groups excluding carboxylic acids is 1. The summed E-state index contributed by atoms with van der Waals surface area (Å²) >= 11 is 6.00. The molecule has 10 heteroatoms. The van der Waals surface area contributed by atoms with E-state index in [0.717, 1.165) is 32.4 Å². The van der Waals surface area contributed by atoms with Crippen LogP contribution in [0.4, 0.5) is 19.0 Å². The van der Waals surface area contributed by atoms with Gasteiger partial charge in [-0.15, -0.1) is 0 Å². The minimum absolute atomic E-state index is 0.0829. The third-order valence-corrected chi connectivity index (χ3v) is 6.22. The summed E-state index contributed by atoms with van der Waals surface area (Å²) in [7, 11) is 0. The van der Waals surface area contributed by atoms with Gasteiger partial charge < -0.3 is 15.6 Å². The number of amides is 1. The summed E-state index contributed by atoms with van der Waals surface area (Å²) in [4.78, 5) is 15.9. The van der Waals surface area contributed by atoms with Gasteiger partial charge in [0.25, 0.3) is 5.91 Å². The van der Waals surface area contributed by atoms with Crippen LogP contribution in [0.15, 0.2) is 54.6 Å². The van der Waals surface area contributed by atoms with E-state index in [1.165, 1.54) is 6.07 Å². The van der Waals surface area contributed by atoms with E-state index in [1.807, 2.05) is 43.3 Å². The van der Waals surface area contributed by atoms with Crippen molar-refractivity contribution >= 4 is 34.2 Å². The molecule has 0 spiro atoms. The van der Waals surface area contributed by atoms with Gasteiger partial charge >= 0.3 is 6.18 Å². The molecule has 1 aliphatic heterocycles. The van der Waals surface area contributed by atoms with Crippen LogP contribution in [-0.2, 0) is 6.54 Å². The highest BCUT2D eigenvalue weighted by Gasteiger charge is 2.46. The number of rotatable bonds is 4. The van der Waals surface area contributed by atoms with Crippen molar-refractivity contribution in [1.29, 1.82) is 0 Å². The summed E-state index contributed by atoms with van der Waals surface area (Å²) in [6, 6.07) is 13.6. The minimum Gasteiger partial charge on any atom is -0.363 e. The maximum atomic E-state index is 13.9. The van der Waals surface area contributed by atoms with Gasteiger partial charge in [-0.25, -0.2) is 4.68 Å². The summed E-state index contributed by atoms with van der Waals surface area (Å²) in [5.74, 6) is -0.405. The Bertz CT molecular complexity index is 1360. The lowest BCUT2D eigenvalue weighted by Gasteiger charge is -2.33. The summed E-state index contributed by atoms with van der Waals surface area (Å²) < 4.78 is 42.5. The molecule has 3 N–H and O–H groups in total. The predicted octanol–water partition coefficient (Wildman–Crippen LogP) is 5.92. The Labute approximate surface area is 198 Å². The molecule has 0 aliphatic carbocycles. The smallest absolute Gasteiger partial charge is 0.363 e. The minimum atomic E-state index is -4.51. The van der Waals surface area contributed by atoms with Crippen molar-refractivity contribution in [3.63, 3.8) is 0 Å². The van der Waals surface area contributed by atoms with Crippen molar-refractivity contribution in [2.75, 3.05) is 5.32 Å². The van der Waals surface area contributed by atoms with Crippen molar-refractivity contribution in [3.8, 4) is 0 Å². The van der Waals surface area contributed by atoms with Crippen LogP contribution in [-0.4, -0.2) is 26.8 Å². The zero-order chi connectivity index (χ0) is 24.0. The number of benzene rings is 2. The number of aromatic nitrogens is 3. The van der Waals surface area contributed by atoms with Crippen LogP contribution in [0.5, 0.6) is 0 Å². The Morgan fingerprint density at radius 3 is 2.68 bits per heavy atom. The number of carbonyl (C=O) groups is 1. The van der Waals surface area contributed by atoms with E-state index >= 15 is 0 Å². The van der Waals surface area contributed by atoms with E-state index in [-0.39, 0.29) is 24.5 Å². The maximum Gasteiger partial charge on any atom is 0.410 e. The van der Waals surface area contributed by atoms with E-state index < -0.39 is 24.2 Å². The molecule has 6 nitrogen and oxygen atoms in total. The predicted molar refractivity (Wildman–Crippen MR) is 124 cm³/mol. The first-order valence-electron chi connectivity index (χ1n) is 10.7. The SMILES string of the molecule is Cc1ccc(C2CC(C(F)(F)F)n3nc(C(=O)NCc4cc5cc(Cl)ccc5[nH]4)cc3N2)cc1. The Hall–Kier alpha value is -3.46. The molecule has 176 valence electrons. The van der Waals surface area contributed by atoms with Crippen LogP contribution < -0.4 is 10.6 Å². The topological polar surface area (TPSA) is 74.7 Å². The molecule has 0 fully saturated rings. The molecule has 2 unspecified atom stereocenters. The normalized spacial score (nSPS) is 17.9. The number of alkyl halides is 3. The second-order valence-corrected chi connectivity index (χ2v) is 8.91. The molecule has 0 radical (unpaired) electrons. The van der Waals surface area contributed by atoms with E-state index in [2.05, 4.69) is 20.7 Å². The molecule has 1 amide bonds. The molecular formula is C24H21ClF3N5O. The maximum absolute atomic E-state index is 13.9. The number of hydrogen-bond donors (Lipinski definition) is 3. The van der Waals surface area contributed by atoms with Crippen molar-refractivity contribution in [2.45, 2.75) is 38.1 Å². The molecule has 4 aromatic rings. The summed E-state index contributed by atoms with van der Waals surface area (Å²) in [5, 5.41) is 11.3. The molecule has 2 aromatic carbocycles. The van der Waals surface area contributed by atoms with Gasteiger partial charge in [0.2, 0.25) is 0 Å². The molecule has 1 aliphatic rings. The van der Waals surface area contributed by atoms with E-state index in [9.17, 15) is 18.0 Å². The lowest BCUT2D eigenvalue weighted by atomic mass is 9.96. The highest BCUT2D eigenvalue weighted by molar-refractivity contribution is 6.31. The molecule has 2 aromatic heterocycles. The zero-order valence-electron chi connectivity index (χ0n) is 18.1. The van der Waals surface area contributed by atoms with Crippen LogP contribution in [0.2, 0.25) is 5.02 Å². The van der Waals surface area contributed by atoms with Crippen LogP contribution in [0.1, 0.15) is 45.8 Å². The molecule has 0 bridgehead atoms. The highest BCUT2D eigenvalue weighted by Crippen LogP contribution is 2.43. The second-order valence-electron chi connectivity index (χ2n) is 8.47. The Kier molecular flexibility index (Phi) is 5.51. The first-order valence-corrected chi connectivity index (χ1v) is 11.1. The van der Waals surface area contributed by atoms with Crippen LogP contribution >= 0.6 is 11.6 Å². The molecular weight excluding hydrogens is 467 g/mol. The molecule has 34 heavy (non-hydrogen) atoms. The number of fused-ring (bicyclic) bond motifs is 2. The number of nitrogens with one attached hydrogen (secondary N) is 3. The standard InChI is InChI=1S/C24H21ClF3N5O/c1-13-2-4-14(5-3-13)19-10-21(24(26,27)28)33-22(31-19)11-20(32-33)23(34)29-12-17-9-15-8-16(25)6-7-18(15)30-17/h2-9,11,19,21,30-31H,10,12H2,1H3,(H,29,34). The van der Waals surface area contributed by atoms with Gasteiger partial charge in [0.05, 0.1) is 12.6 Å². The average molecular weight is 488 g/mol. The lowest BCUT2D eigenvalue weighted by molar-refractivity contribution is -0.173. The van der Waals surface area contributed by atoms with Gasteiger partial charge in [-0.2, -0.15) is 18.3 Å². The summed E-state index contributed by atoms with van der Waals surface area (Å²) in [5.41, 5.74) is 3.29. The van der Waals surface area contributed by atoms with Crippen molar-refractivity contribution < 1.29 is 18.0 Å². The fourth-order valence-corrected chi connectivity index (χ4v) is 4.41. The van der Waals surface area contributed by atoms with Gasteiger partial charge in [0.1, 0.15) is 5.82 Å². The second kappa shape index (κ2) is 8.39. The van der Waals surface area contributed by atoms with Gasteiger partial charge in [0, 0.05) is 34.1 Å². The molecule has 5 rings (SSSR count). The van der Waals surface area contributed by atoms with Crippen molar-refractivity contribution in [3.05, 3.63) is 82.1 Å². The van der Waals surface area contributed by atoms with Gasteiger partial charge in [0.15, 0.2) is 11.7 Å². The van der Waals surface area contributed by atoms with Crippen LogP contribution in [0.25, 0.3) is 10.9 Å². The number of aromatic amines is 1. The average Bonchev–Trinajstić information content (AvgIpc) is 3.40. The van der Waals surface area contributed by atoms with E-state index in [0.29, 0.717) is 5.02 Å². The first-order chi connectivity index (χ1) is 16.2. The Balaban J connectivity index is 1.36. The third-order valence-electron chi connectivity index (χ3n) is 5.98. The number of nitrogens with zero attached hydrogens (tertiary/aromatic N) is 2.